The number of aliphatic hydroxyl groups excluding tert-OH is 10. The standard InChI is InChI=1S/C48H78O18/c1-21-29(52)31(54)35(58)40(61-21)65-37-32(55)30(53)24(19-49)62-41(37)66-38-34(57)33(56)36(39(59)60)64-42(38)63-28-12-13-45(5)25(46(28,6)20-50)11-14-48(8)26(45)10-9-22-23-17-43(2,3)18-27(51)44(23,4)15-16-47(22,48)7/h9,21,23-38,40-42,49-58H,10-20H2,1-8H3,(H,59,60)/t21?,23?,24?,25-,26-,27?,28?,29+,30?,31?,32?,33?,34+,35?,36+,37-,38?,40?,41+,42?,44?,45?,46-,47-,48?/m1/s1. The average molecular weight is 943 g/mol. The van der Waals surface area contributed by atoms with Gasteiger partial charge in [-0.25, -0.2) is 4.79 Å². The van der Waals surface area contributed by atoms with Crippen LogP contribution in [-0.2, 0) is 33.2 Å². The first-order valence-corrected chi connectivity index (χ1v) is 24.3. The molecule has 3 aliphatic heterocycles. The predicted molar refractivity (Wildman–Crippen MR) is 231 cm³/mol. The van der Waals surface area contributed by atoms with E-state index in [1.54, 1.807) is 0 Å². The van der Waals surface area contributed by atoms with Gasteiger partial charge in [-0.05, 0) is 104 Å². The largest absolute Gasteiger partial charge is 0.479 e. The second-order valence-electron chi connectivity index (χ2n) is 23.6. The average Bonchev–Trinajstić information content (AvgIpc) is 3.25. The molecule has 66 heavy (non-hydrogen) atoms. The second kappa shape index (κ2) is 17.7. The molecule has 5 aliphatic carbocycles. The van der Waals surface area contributed by atoms with Crippen molar-refractivity contribution in [1.29, 1.82) is 0 Å². The number of carboxylic acids is 1. The third-order valence-corrected chi connectivity index (χ3v) is 19.5. The van der Waals surface area contributed by atoms with E-state index >= 15 is 0 Å². The van der Waals surface area contributed by atoms with Crippen LogP contribution in [0, 0.1) is 50.2 Å². The minimum atomic E-state index is -2.07. The van der Waals surface area contributed by atoms with E-state index in [-0.39, 0.29) is 57.5 Å². The Balaban J connectivity index is 1.08. The van der Waals surface area contributed by atoms with Gasteiger partial charge in [0.25, 0.3) is 0 Å². The van der Waals surface area contributed by atoms with E-state index in [0.717, 1.165) is 44.9 Å². The number of aliphatic carboxylic acids is 1. The van der Waals surface area contributed by atoms with Gasteiger partial charge in [0.2, 0.25) is 0 Å². The van der Waals surface area contributed by atoms with Crippen molar-refractivity contribution in [2.45, 2.75) is 218 Å². The number of rotatable bonds is 9. The molecule has 7 fully saturated rings. The molecule has 25 atom stereocenters. The van der Waals surface area contributed by atoms with Crippen LogP contribution in [0.4, 0.5) is 0 Å². The van der Waals surface area contributed by atoms with Gasteiger partial charge in [0.05, 0.1) is 31.5 Å². The molecule has 18 nitrogen and oxygen atoms in total. The van der Waals surface area contributed by atoms with Crippen molar-refractivity contribution in [3.05, 3.63) is 11.6 Å². The van der Waals surface area contributed by atoms with Gasteiger partial charge < -0.3 is 84.6 Å². The molecule has 0 bridgehead atoms. The van der Waals surface area contributed by atoms with Crippen molar-refractivity contribution >= 4 is 5.97 Å². The maximum Gasteiger partial charge on any atom is 0.335 e. The molecule has 4 saturated carbocycles. The van der Waals surface area contributed by atoms with E-state index in [9.17, 15) is 61.0 Å². The SMILES string of the molecule is CC1OC(O[C@@H]2C(O)C(O)C(CO)O[C@H]2OC2C(OC3CCC4(C)[C@H]5CC=C6C7CC(C)(C)CC(O)C7(C)CC[C@@]6(C)C5(C)CC[C@H]4[C@@]3(C)CO)O[C@H](C(=O)O)C(O)[C@@H]2O)C(O)C(O)[C@H]1O. The van der Waals surface area contributed by atoms with Crippen molar-refractivity contribution in [2.75, 3.05) is 13.2 Å². The van der Waals surface area contributed by atoms with Gasteiger partial charge in [-0.1, -0.05) is 60.1 Å². The van der Waals surface area contributed by atoms with Crippen LogP contribution in [0.3, 0.4) is 0 Å². The minimum absolute atomic E-state index is 0.0166. The number of carboxylic acid groups (broad SMARTS) is 1. The van der Waals surface area contributed by atoms with Gasteiger partial charge in [0, 0.05) is 10.8 Å². The van der Waals surface area contributed by atoms with Gasteiger partial charge in [-0.3, -0.25) is 0 Å². The Kier molecular flexibility index (Phi) is 13.7. The molecule has 3 heterocycles. The molecule has 0 aromatic carbocycles. The van der Waals surface area contributed by atoms with E-state index in [0.29, 0.717) is 12.8 Å². The number of carbonyl (C=O) groups is 1. The van der Waals surface area contributed by atoms with Crippen LogP contribution in [0.15, 0.2) is 11.6 Å². The van der Waals surface area contributed by atoms with Crippen LogP contribution in [0.25, 0.3) is 0 Å². The van der Waals surface area contributed by atoms with Crippen LogP contribution < -0.4 is 0 Å². The lowest BCUT2D eigenvalue weighted by Crippen LogP contribution is -2.68. The number of hydrogen-bond acceptors (Lipinski definition) is 17. The first-order chi connectivity index (χ1) is 30.7. The second-order valence-corrected chi connectivity index (χ2v) is 23.6. The van der Waals surface area contributed by atoms with Crippen LogP contribution in [0.2, 0.25) is 0 Å². The van der Waals surface area contributed by atoms with Gasteiger partial charge >= 0.3 is 5.97 Å². The summed E-state index contributed by atoms with van der Waals surface area (Å²) in [7, 11) is 0. The lowest BCUT2D eigenvalue weighted by atomic mass is 9.33. The third kappa shape index (κ3) is 7.78. The molecule has 16 unspecified atom stereocenters. The number of aliphatic hydroxyl groups is 10. The maximum absolute atomic E-state index is 12.5. The van der Waals surface area contributed by atoms with Crippen LogP contribution in [0.5, 0.6) is 0 Å². The molecule has 0 spiro atoms. The van der Waals surface area contributed by atoms with E-state index in [4.69, 9.17) is 28.4 Å². The fraction of sp³-hybridized carbons (Fsp3) is 0.938. The summed E-state index contributed by atoms with van der Waals surface area (Å²) < 4.78 is 36.2. The normalized spacial score (nSPS) is 55.9. The Morgan fingerprint density at radius 2 is 1.30 bits per heavy atom. The highest BCUT2D eigenvalue weighted by Gasteiger charge is 2.70. The van der Waals surface area contributed by atoms with Crippen LogP contribution in [0.1, 0.15) is 113 Å². The summed E-state index contributed by atoms with van der Waals surface area (Å²) in [6.07, 6.45) is -17.6. The topological polar surface area (TPSA) is 295 Å². The number of fused-ring (bicyclic) bond motifs is 7. The number of allylic oxidation sites excluding steroid dienone is 2. The van der Waals surface area contributed by atoms with Gasteiger partial charge in [-0.2, -0.15) is 0 Å². The summed E-state index contributed by atoms with van der Waals surface area (Å²) in [5.74, 6) is -1.16. The fourth-order valence-corrected chi connectivity index (χ4v) is 15.1. The lowest BCUT2D eigenvalue weighted by molar-refractivity contribution is -0.396. The summed E-state index contributed by atoms with van der Waals surface area (Å²) in [5, 5.41) is 120. The third-order valence-electron chi connectivity index (χ3n) is 19.5. The summed E-state index contributed by atoms with van der Waals surface area (Å²) in [5.41, 5.74) is -0.0545. The highest BCUT2D eigenvalue weighted by molar-refractivity contribution is 5.73. The zero-order valence-corrected chi connectivity index (χ0v) is 39.7. The molecule has 0 aromatic rings. The highest BCUT2D eigenvalue weighted by Crippen LogP contribution is 2.76. The Labute approximate surface area is 387 Å². The van der Waals surface area contributed by atoms with Crippen molar-refractivity contribution in [3.8, 4) is 0 Å². The summed E-state index contributed by atoms with van der Waals surface area (Å²) in [6.45, 7) is 16.3. The maximum atomic E-state index is 12.5. The van der Waals surface area contributed by atoms with Crippen LogP contribution in [-0.4, -0.2) is 180 Å². The van der Waals surface area contributed by atoms with E-state index in [2.05, 4.69) is 47.6 Å². The van der Waals surface area contributed by atoms with Crippen molar-refractivity contribution in [1.82, 2.24) is 0 Å². The molecule has 18 heteroatoms. The Bertz CT molecular complexity index is 1820. The smallest absolute Gasteiger partial charge is 0.335 e. The molecule has 0 amide bonds. The predicted octanol–water partition coefficient (Wildman–Crippen LogP) is 0.705. The van der Waals surface area contributed by atoms with Gasteiger partial charge in [0.15, 0.2) is 25.0 Å². The number of hydrogen-bond donors (Lipinski definition) is 11. The van der Waals surface area contributed by atoms with Crippen LogP contribution >= 0.6 is 0 Å². The van der Waals surface area contributed by atoms with E-state index in [1.807, 2.05) is 6.92 Å². The minimum Gasteiger partial charge on any atom is -0.479 e. The van der Waals surface area contributed by atoms with Crippen molar-refractivity contribution in [2.24, 2.45) is 50.2 Å². The summed E-state index contributed by atoms with van der Waals surface area (Å²) in [6, 6.07) is 0. The van der Waals surface area contributed by atoms with Gasteiger partial charge in [0.1, 0.15) is 61.0 Å². The molecular weight excluding hydrogens is 865 g/mol. The first kappa shape index (κ1) is 50.9. The molecule has 8 aliphatic rings. The Hall–Kier alpha value is -1.43. The molecular formula is C48H78O18. The molecule has 3 saturated heterocycles. The number of ether oxygens (including phenoxy) is 6. The zero-order chi connectivity index (χ0) is 48.4. The molecule has 0 aromatic heterocycles. The molecule has 11 N–H and O–H groups in total. The van der Waals surface area contributed by atoms with E-state index in [1.165, 1.54) is 12.5 Å². The molecule has 0 radical (unpaired) electrons. The Morgan fingerprint density at radius 3 is 1.94 bits per heavy atom. The molecule has 378 valence electrons. The lowest BCUT2D eigenvalue weighted by Gasteiger charge is -2.72. The van der Waals surface area contributed by atoms with Crippen molar-refractivity contribution < 1.29 is 89.4 Å². The Morgan fingerprint density at radius 1 is 0.667 bits per heavy atom. The summed E-state index contributed by atoms with van der Waals surface area (Å²) in [4.78, 5) is 12.5. The first-order valence-electron chi connectivity index (χ1n) is 24.3. The highest BCUT2D eigenvalue weighted by atomic mass is 16.8. The fourth-order valence-electron chi connectivity index (χ4n) is 15.1. The monoisotopic (exact) mass is 943 g/mol. The summed E-state index contributed by atoms with van der Waals surface area (Å²) >= 11 is 0. The quantitative estimate of drug-likeness (QED) is 0.112. The zero-order valence-electron chi connectivity index (χ0n) is 39.7. The molecule has 8 rings (SSSR count). The van der Waals surface area contributed by atoms with E-state index < -0.39 is 116 Å². The van der Waals surface area contributed by atoms with Crippen molar-refractivity contribution in [3.63, 3.8) is 0 Å². The van der Waals surface area contributed by atoms with Gasteiger partial charge in [-0.15, -0.1) is 0 Å².